The molecule has 2 amide bonds. The first-order chi connectivity index (χ1) is 15.5. The number of hydrogen-bond acceptors (Lipinski definition) is 4. The third kappa shape index (κ3) is 7.86. The maximum atomic E-state index is 13.0. The first-order valence-electron chi connectivity index (χ1n) is 11.8. The van der Waals surface area contributed by atoms with Gasteiger partial charge in [-0.2, -0.15) is 5.10 Å². The topological polar surface area (TPSA) is 79.3 Å². The molecule has 182 valence electrons. The van der Waals surface area contributed by atoms with Crippen LogP contribution in [0.25, 0.3) is 0 Å². The predicted octanol–water partition coefficient (Wildman–Crippen LogP) is 3.24. The lowest BCUT2D eigenvalue weighted by Gasteiger charge is -2.23. The molecule has 0 radical (unpaired) electrons. The molecule has 0 spiro atoms. The van der Waals surface area contributed by atoms with E-state index in [4.69, 9.17) is 0 Å². The number of halogens is 1. The number of nitrogens with one attached hydrogen (secondary N) is 2. The van der Waals surface area contributed by atoms with Crippen molar-refractivity contribution in [3.63, 3.8) is 0 Å². The summed E-state index contributed by atoms with van der Waals surface area (Å²) in [6.45, 7) is 6.91. The molecule has 2 aromatic rings. The Labute approximate surface area is 203 Å². The Balaban J connectivity index is 0.00000385. The SMILES string of the molecule is Cc1nn(C)c(C)c1CCC(=O)N1CCCCNC(c2ccccc2)CC(=O)NCCC1.Cl. The van der Waals surface area contributed by atoms with Crippen LogP contribution < -0.4 is 10.6 Å². The van der Waals surface area contributed by atoms with Crippen LogP contribution in [0.1, 0.15) is 60.7 Å². The molecule has 33 heavy (non-hydrogen) atoms. The number of nitrogens with zero attached hydrogens (tertiary/aromatic N) is 3. The summed E-state index contributed by atoms with van der Waals surface area (Å²) in [4.78, 5) is 27.4. The summed E-state index contributed by atoms with van der Waals surface area (Å²) in [6.07, 6.45) is 4.33. The van der Waals surface area contributed by atoms with Gasteiger partial charge in [0.1, 0.15) is 0 Å². The van der Waals surface area contributed by atoms with Crippen LogP contribution in [0.4, 0.5) is 0 Å². The van der Waals surface area contributed by atoms with Crippen LogP contribution in [-0.2, 0) is 23.1 Å². The Morgan fingerprint density at radius 1 is 1.09 bits per heavy atom. The summed E-state index contributed by atoms with van der Waals surface area (Å²) >= 11 is 0. The zero-order valence-electron chi connectivity index (χ0n) is 20.1. The first-order valence-corrected chi connectivity index (χ1v) is 11.8. The van der Waals surface area contributed by atoms with E-state index in [9.17, 15) is 9.59 Å². The quantitative estimate of drug-likeness (QED) is 0.711. The van der Waals surface area contributed by atoms with Gasteiger partial charge in [0, 0.05) is 51.3 Å². The number of benzene rings is 1. The highest BCUT2D eigenvalue weighted by Crippen LogP contribution is 2.18. The zero-order chi connectivity index (χ0) is 22.9. The summed E-state index contributed by atoms with van der Waals surface area (Å²) < 4.78 is 1.88. The van der Waals surface area contributed by atoms with E-state index in [0.29, 0.717) is 25.9 Å². The molecule has 2 heterocycles. The second-order valence-corrected chi connectivity index (χ2v) is 8.69. The minimum atomic E-state index is 0. The predicted molar refractivity (Wildman–Crippen MR) is 133 cm³/mol. The average Bonchev–Trinajstić information content (AvgIpc) is 3.04. The van der Waals surface area contributed by atoms with Crippen LogP contribution in [0.15, 0.2) is 30.3 Å². The van der Waals surface area contributed by atoms with Gasteiger partial charge in [-0.3, -0.25) is 14.3 Å². The Bertz CT molecular complexity index is 900. The molecule has 1 saturated heterocycles. The molecule has 0 aliphatic carbocycles. The minimum Gasteiger partial charge on any atom is -0.356 e. The Hall–Kier alpha value is -2.38. The second-order valence-electron chi connectivity index (χ2n) is 8.69. The van der Waals surface area contributed by atoms with E-state index < -0.39 is 0 Å². The van der Waals surface area contributed by atoms with Crippen LogP contribution in [0.5, 0.6) is 0 Å². The smallest absolute Gasteiger partial charge is 0.222 e. The number of hydrogen-bond donors (Lipinski definition) is 2. The number of aryl methyl sites for hydroxylation is 2. The monoisotopic (exact) mass is 475 g/mol. The van der Waals surface area contributed by atoms with Crippen molar-refractivity contribution in [3.05, 3.63) is 52.8 Å². The van der Waals surface area contributed by atoms with Crippen LogP contribution in [-0.4, -0.2) is 52.7 Å². The molecule has 7 nitrogen and oxygen atoms in total. The van der Waals surface area contributed by atoms with Gasteiger partial charge >= 0.3 is 0 Å². The highest BCUT2D eigenvalue weighted by molar-refractivity contribution is 5.85. The highest BCUT2D eigenvalue weighted by Gasteiger charge is 2.18. The van der Waals surface area contributed by atoms with E-state index in [0.717, 1.165) is 55.7 Å². The fourth-order valence-corrected chi connectivity index (χ4v) is 4.38. The van der Waals surface area contributed by atoms with Crippen molar-refractivity contribution in [2.75, 3.05) is 26.2 Å². The second kappa shape index (κ2) is 13.4. The molecule has 1 aromatic heterocycles. The maximum Gasteiger partial charge on any atom is 0.222 e. The van der Waals surface area contributed by atoms with Crippen LogP contribution >= 0.6 is 12.4 Å². The molecular formula is C25H38ClN5O2. The summed E-state index contributed by atoms with van der Waals surface area (Å²) in [5.41, 5.74) is 4.44. The fraction of sp³-hybridized carbons (Fsp3) is 0.560. The van der Waals surface area contributed by atoms with Crippen LogP contribution in [0, 0.1) is 13.8 Å². The number of amides is 2. The van der Waals surface area contributed by atoms with E-state index in [1.54, 1.807) is 0 Å². The van der Waals surface area contributed by atoms with Crippen molar-refractivity contribution < 1.29 is 9.59 Å². The fourth-order valence-electron chi connectivity index (χ4n) is 4.38. The number of rotatable bonds is 4. The Morgan fingerprint density at radius 2 is 1.82 bits per heavy atom. The summed E-state index contributed by atoms with van der Waals surface area (Å²) in [6, 6.07) is 10.2. The average molecular weight is 476 g/mol. The van der Waals surface area contributed by atoms with Gasteiger partial charge in [-0.15, -0.1) is 12.4 Å². The van der Waals surface area contributed by atoms with Gasteiger partial charge in [0.2, 0.25) is 11.8 Å². The van der Waals surface area contributed by atoms with Gasteiger partial charge < -0.3 is 15.5 Å². The molecule has 1 unspecified atom stereocenters. The molecule has 3 rings (SSSR count). The summed E-state index contributed by atoms with van der Waals surface area (Å²) in [5.74, 6) is 0.231. The Kier molecular flexibility index (Phi) is 10.9. The summed E-state index contributed by atoms with van der Waals surface area (Å²) in [5, 5.41) is 11.0. The normalized spacial score (nSPS) is 18.3. The molecule has 8 heteroatoms. The molecule has 1 aromatic carbocycles. The molecule has 1 atom stereocenters. The van der Waals surface area contributed by atoms with E-state index >= 15 is 0 Å². The molecular weight excluding hydrogens is 438 g/mol. The van der Waals surface area contributed by atoms with Crippen molar-refractivity contribution in [3.8, 4) is 0 Å². The highest BCUT2D eigenvalue weighted by atomic mass is 35.5. The van der Waals surface area contributed by atoms with Gasteiger partial charge in [0.15, 0.2) is 0 Å². The lowest BCUT2D eigenvalue weighted by Crippen LogP contribution is -2.35. The summed E-state index contributed by atoms with van der Waals surface area (Å²) in [7, 11) is 1.94. The molecule has 2 N–H and O–H groups in total. The van der Waals surface area contributed by atoms with Gasteiger partial charge in [-0.25, -0.2) is 0 Å². The standard InChI is InChI=1S/C25H37N5O2.ClH/c1-19-22(20(2)29(3)28-19)12-13-25(32)30-16-8-7-14-26-23(21-10-5-4-6-11-21)18-24(31)27-15-9-17-30;/h4-6,10-11,23,26H,7-9,12-18H2,1-3H3,(H,27,31);1H. The third-order valence-electron chi connectivity index (χ3n) is 6.36. The minimum absolute atomic E-state index is 0. The van der Waals surface area contributed by atoms with Crippen LogP contribution in [0.3, 0.4) is 0 Å². The van der Waals surface area contributed by atoms with Gasteiger partial charge in [-0.1, -0.05) is 30.3 Å². The van der Waals surface area contributed by atoms with Crippen molar-refractivity contribution >= 4 is 24.2 Å². The first kappa shape index (κ1) is 26.9. The lowest BCUT2D eigenvalue weighted by molar-refractivity contribution is -0.131. The van der Waals surface area contributed by atoms with E-state index in [1.165, 1.54) is 5.56 Å². The molecule has 1 fully saturated rings. The zero-order valence-corrected chi connectivity index (χ0v) is 20.9. The Morgan fingerprint density at radius 3 is 2.52 bits per heavy atom. The van der Waals surface area contributed by atoms with Crippen molar-refractivity contribution in [1.82, 2.24) is 25.3 Å². The molecule has 1 aliphatic rings. The van der Waals surface area contributed by atoms with Crippen molar-refractivity contribution in [2.45, 2.75) is 58.4 Å². The van der Waals surface area contributed by atoms with E-state index in [1.807, 2.05) is 41.8 Å². The molecule has 1 aliphatic heterocycles. The van der Waals surface area contributed by atoms with Crippen molar-refractivity contribution in [1.29, 1.82) is 0 Å². The molecule has 0 bridgehead atoms. The third-order valence-corrected chi connectivity index (χ3v) is 6.36. The van der Waals surface area contributed by atoms with Gasteiger partial charge in [-0.05, 0) is 57.2 Å². The largest absolute Gasteiger partial charge is 0.356 e. The lowest BCUT2D eigenvalue weighted by atomic mass is 10.0. The molecule has 0 saturated carbocycles. The maximum absolute atomic E-state index is 13.0. The van der Waals surface area contributed by atoms with Gasteiger partial charge in [0.25, 0.3) is 0 Å². The van der Waals surface area contributed by atoms with E-state index in [2.05, 4.69) is 34.8 Å². The van der Waals surface area contributed by atoms with Crippen molar-refractivity contribution in [2.24, 2.45) is 7.05 Å². The number of carbonyl (C=O) groups excluding carboxylic acids is 2. The number of aromatic nitrogens is 2. The van der Waals surface area contributed by atoms with E-state index in [-0.39, 0.29) is 30.3 Å². The van der Waals surface area contributed by atoms with Gasteiger partial charge in [0.05, 0.1) is 5.69 Å². The number of carbonyl (C=O) groups is 2. The van der Waals surface area contributed by atoms with Crippen LogP contribution in [0.2, 0.25) is 0 Å².